The van der Waals surface area contributed by atoms with Gasteiger partial charge in [-0.1, -0.05) is 44.2 Å². The van der Waals surface area contributed by atoms with Crippen LogP contribution >= 0.6 is 11.3 Å². The first kappa shape index (κ1) is 51.3. The lowest BCUT2D eigenvalue weighted by molar-refractivity contribution is -0.384. The van der Waals surface area contributed by atoms with E-state index < -0.39 is 37.0 Å². The minimum atomic E-state index is -4.60. The zero-order valence-electron chi connectivity index (χ0n) is 43.0. The molecule has 11 rings (SSSR count). The fourth-order valence-corrected chi connectivity index (χ4v) is 14.1. The number of nitrogens with zero attached hydrogens (tertiary/aromatic N) is 5. The van der Waals surface area contributed by atoms with Gasteiger partial charge in [0.2, 0.25) is 0 Å². The summed E-state index contributed by atoms with van der Waals surface area (Å²) in [5.74, 6) is 0.113. The molecule has 5 heterocycles. The molecule has 4 fully saturated rings. The van der Waals surface area contributed by atoms with Crippen LogP contribution < -0.4 is 19.7 Å². The van der Waals surface area contributed by atoms with Crippen molar-refractivity contribution in [2.45, 2.75) is 101 Å². The summed E-state index contributed by atoms with van der Waals surface area (Å²) in [5.41, 5.74) is 3.97. The van der Waals surface area contributed by atoms with Gasteiger partial charge >= 0.3 is 0 Å². The first-order chi connectivity index (χ1) is 36.5. The molecule has 2 aliphatic carbocycles. The number of nitrogens with one attached hydrogen (secondary N) is 3. The number of sulfonamides is 1. The average Bonchev–Trinajstić information content (AvgIpc) is 4.13. The van der Waals surface area contributed by atoms with Crippen LogP contribution in [0.4, 0.5) is 17.1 Å². The van der Waals surface area contributed by atoms with E-state index in [0.717, 1.165) is 90.9 Å². The van der Waals surface area contributed by atoms with Crippen molar-refractivity contribution < 1.29 is 32.8 Å². The molecule has 0 bridgehead atoms. The van der Waals surface area contributed by atoms with E-state index in [1.54, 1.807) is 41.8 Å². The molecule has 18 heteroatoms. The molecule has 2 saturated carbocycles. The van der Waals surface area contributed by atoms with Crippen LogP contribution in [0.1, 0.15) is 116 Å². The highest BCUT2D eigenvalue weighted by molar-refractivity contribution is 7.90. The van der Waals surface area contributed by atoms with Gasteiger partial charge in [-0.25, -0.2) is 18.1 Å². The summed E-state index contributed by atoms with van der Waals surface area (Å²) in [7, 11) is -4.60. The number of amides is 2. The number of nitro groups is 1. The van der Waals surface area contributed by atoms with Gasteiger partial charge in [0.1, 0.15) is 22.8 Å². The highest BCUT2D eigenvalue weighted by Crippen LogP contribution is 2.53. The number of ether oxygens (including phenoxy) is 1. The molecule has 4 aliphatic rings. The molecule has 76 heavy (non-hydrogen) atoms. The lowest BCUT2D eigenvalue weighted by atomic mass is 9.59. The minimum Gasteiger partial charge on any atom is -0.455 e. The predicted octanol–water partition coefficient (Wildman–Crippen LogP) is 11.0. The molecular formula is C58H64N8O8S2. The number of nitro benzene ring substituents is 1. The topological polar surface area (TPSA) is 203 Å². The largest absolute Gasteiger partial charge is 0.455 e. The van der Waals surface area contributed by atoms with Crippen molar-refractivity contribution in [3.63, 3.8) is 0 Å². The standard InChI is InChI=1S/C58H64N8O8S2/c1-37(2)44-7-4-5-8-45(44)51-36-64(56(68)47-9-6-10-53-46(47)18-28-75-53)26-27-65(51)41-32-58(33-41)21-24-63(25-22-58)40-11-13-48(52(30-40)74-42-29-39-17-23-59-54(39)61-35-42)55(67)62-76(72,73)43-12-14-49(50(31-43)66(70)71)60-34-38-15-19-57(3,69)20-16-38/h4-14,17-18,23,28-31,35,37-38,41,51,60,69H,15-16,19-22,24-27,32-34,36H2,1-3H3,(H,59,61)(H,62,67). The van der Waals surface area contributed by atoms with Crippen LogP contribution in [0.5, 0.6) is 11.5 Å². The number of rotatable bonds is 14. The van der Waals surface area contributed by atoms with Gasteiger partial charge in [-0.2, -0.15) is 0 Å². The van der Waals surface area contributed by atoms with E-state index in [0.29, 0.717) is 55.8 Å². The SMILES string of the molecule is CC(C)c1ccccc1C1CN(C(=O)c2cccc3sccc23)CCN1C1CC2(CCN(c3ccc(C(=O)NS(=O)(=O)c4ccc(NCC5CCC(C)(O)CC5)c([N+](=O)[O-])c4)c(Oc4cnc5[nH]ccc5c4)c3)CC2)C1. The molecule has 1 atom stereocenters. The number of piperidine rings is 1. The second-order valence-electron chi connectivity index (χ2n) is 22.0. The number of hydrogen-bond donors (Lipinski definition) is 4. The van der Waals surface area contributed by atoms with E-state index in [4.69, 9.17) is 4.74 Å². The minimum absolute atomic E-state index is 0.0463. The van der Waals surface area contributed by atoms with Crippen molar-refractivity contribution >= 4 is 71.4 Å². The fourth-order valence-electron chi connectivity index (χ4n) is 12.3. The summed E-state index contributed by atoms with van der Waals surface area (Å²) in [6, 6.07) is 29.5. The van der Waals surface area contributed by atoms with E-state index in [1.165, 1.54) is 29.5 Å². The third-order valence-electron chi connectivity index (χ3n) is 16.7. The molecule has 1 unspecified atom stereocenters. The molecule has 7 aromatic rings. The molecule has 396 valence electrons. The third-order valence-corrected chi connectivity index (χ3v) is 18.9. The van der Waals surface area contributed by atoms with Crippen molar-refractivity contribution in [2.24, 2.45) is 11.3 Å². The number of fused-ring (bicyclic) bond motifs is 2. The summed E-state index contributed by atoms with van der Waals surface area (Å²) >= 11 is 1.66. The van der Waals surface area contributed by atoms with Gasteiger partial charge < -0.3 is 29.9 Å². The van der Waals surface area contributed by atoms with Gasteiger partial charge in [-0.05, 0) is 147 Å². The van der Waals surface area contributed by atoms with E-state index in [9.17, 15) is 33.2 Å². The van der Waals surface area contributed by atoms with E-state index in [-0.39, 0.29) is 40.3 Å². The van der Waals surface area contributed by atoms with Gasteiger partial charge in [0.05, 0.1) is 33.2 Å². The Balaban J connectivity index is 0.788. The van der Waals surface area contributed by atoms with Crippen LogP contribution in [0.15, 0.2) is 120 Å². The third kappa shape index (κ3) is 10.4. The summed E-state index contributed by atoms with van der Waals surface area (Å²) in [5, 5.41) is 29.6. The predicted molar refractivity (Wildman–Crippen MR) is 296 cm³/mol. The molecule has 16 nitrogen and oxygen atoms in total. The summed E-state index contributed by atoms with van der Waals surface area (Å²) in [6.45, 7) is 10.3. The molecular weight excluding hydrogens is 1000 g/mol. The quantitative estimate of drug-likeness (QED) is 0.0594. The van der Waals surface area contributed by atoms with Crippen molar-refractivity contribution in [2.75, 3.05) is 49.5 Å². The first-order valence-corrected chi connectivity index (χ1v) is 28.8. The van der Waals surface area contributed by atoms with Gasteiger partial charge in [0.25, 0.3) is 27.5 Å². The number of hydrogen-bond acceptors (Lipinski definition) is 13. The molecule has 3 aromatic heterocycles. The number of piperazine rings is 1. The Labute approximate surface area is 446 Å². The normalized spacial score (nSPS) is 21.2. The van der Waals surface area contributed by atoms with E-state index >= 15 is 0 Å². The zero-order chi connectivity index (χ0) is 52.9. The Morgan fingerprint density at radius 2 is 1.72 bits per heavy atom. The molecule has 4 aromatic carbocycles. The Morgan fingerprint density at radius 3 is 2.50 bits per heavy atom. The highest BCUT2D eigenvalue weighted by atomic mass is 32.2. The Hall–Kier alpha value is -6.86. The highest BCUT2D eigenvalue weighted by Gasteiger charge is 2.50. The second kappa shape index (κ2) is 20.6. The molecule has 0 radical (unpaired) electrons. The Morgan fingerprint density at radius 1 is 0.934 bits per heavy atom. The van der Waals surface area contributed by atoms with Crippen molar-refractivity contribution in [3.05, 3.63) is 147 Å². The fraction of sp³-hybridized carbons (Fsp3) is 0.397. The maximum absolute atomic E-state index is 14.3. The second-order valence-corrected chi connectivity index (χ2v) is 24.7. The van der Waals surface area contributed by atoms with Crippen LogP contribution in [0, 0.1) is 21.4 Å². The number of aromatic amines is 1. The smallest absolute Gasteiger partial charge is 0.293 e. The lowest BCUT2D eigenvalue weighted by Crippen LogP contribution is -2.60. The number of aromatic nitrogens is 2. The first-order valence-electron chi connectivity index (χ1n) is 26.4. The number of anilines is 2. The number of thiophene rings is 1. The average molecular weight is 1070 g/mol. The monoisotopic (exact) mass is 1060 g/mol. The van der Waals surface area contributed by atoms with Crippen molar-refractivity contribution in [1.29, 1.82) is 0 Å². The van der Waals surface area contributed by atoms with Crippen molar-refractivity contribution in [1.82, 2.24) is 24.5 Å². The van der Waals surface area contributed by atoms with Gasteiger partial charge in [0.15, 0.2) is 0 Å². The molecule has 2 aliphatic heterocycles. The molecule has 4 N–H and O–H groups in total. The molecule has 1 spiro atoms. The summed E-state index contributed by atoms with van der Waals surface area (Å²) < 4.78 is 37.4. The summed E-state index contributed by atoms with van der Waals surface area (Å²) in [6.07, 6.45) is 10.1. The van der Waals surface area contributed by atoms with E-state index in [1.807, 2.05) is 25.1 Å². The van der Waals surface area contributed by atoms with Crippen molar-refractivity contribution in [3.8, 4) is 11.5 Å². The number of pyridine rings is 1. The van der Waals surface area contributed by atoms with Crippen LogP contribution in [-0.4, -0.2) is 101 Å². The Bertz CT molecular complexity index is 3440. The van der Waals surface area contributed by atoms with E-state index in [2.05, 4.69) is 90.3 Å². The number of H-pyrrole nitrogens is 1. The maximum Gasteiger partial charge on any atom is 0.293 e. The molecule has 2 amide bonds. The van der Waals surface area contributed by atoms with Crippen LogP contribution in [0.2, 0.25) is 0 Å². The van der Waals surface area contributed by atoms with Crippen LogP contribution in [0.25, 0.3) is 21.1 Å². The van der Waals surface area contributed by atoms with Gasteiger partial charge in [-0.15, -0.1) is 11.3 Å². The van der Waals surface area contributed by atoms with Gasteiger partial charge in [0, 0.05) is 90.4 Å². The summed E-state index contributed by atoms with van der Waals surface area (Å²) in [4.78, 5) is 54.1. The molecule has 2 saturated heterocycles. The maximum atomic E-state index is 14.3. The number of aliphatic hydroxyl groups is 1. The number of carbonyl (C=O) groups is 2. The van der Waals surface area contributed by atoms with Crippen LogP contribution in [0.3, 0.4) is 0 Å². The zero-order valence-corrected chi connectivity index (χ0v) is 44.7. The lowest BCUT2D eigenvalue weighted by Gasteiger charge is -2.58. The van der Waals surface area contributed by atoms with Gasteiger partial charge in [-0.3, -0.25) is 24.6 Å². The number of carbonyl (C=O) groups excluding carboxylic acids is 2. The van der Waals surface area contributed by atoms with Crippen LogP contribution in [-0.2, 0) is 10.0 Å². The number of benzene rings is 4. The Kier molecular flexibility index (Phi) is 13.9.